The monoisotopic (exact) mass is 331 g/mol. The summed E-state index contributed by atoms with van der Waals surface area (Å²) in [5.41, 5.74) is 10.3. The Morgan fingerprint density at radius 1 is 1.25 bits per heavy atom. The highest BCUT2D eigenvalue weighted by atomic mass is 16.5. The minimum absolute atomic E-state index is 0.103. The predicted molar refractivity (Wildman–Crippen MR) is 98.3 cm³/mol. The third-order valence-electron chi connectivity index (χ3n) is 5.94. The molecule has 0 amide bonds. The van der Waals surface area contributed by atoms with Crippen molar-refractivity contribution in [3.63, 3.8) is 0 Å². The Morgan fingerprint density at radius 2 is 2.12 bits per heavy atom. The van der Waals surface area contributed by atoms with Gasteiger partial charge in [0.1, 0.15) is 0 Å². The van der Waals surface area contributed by atoms with Crippen molar-refractivity contribution in [3.8, 4) is 0 Å². The summed E-state index contributed by atoms with van der Waals surface area (Å²) in [5.74, 6) is 0.510. The molecule has 0 bridgehead atoms. The van der Waals surface area contributed by atoms with E-state index in [0.29, 0.717) is 12.0 Å². The van der Waals surface area contributed by atoms with Crippen molar-refractivity contribution in [2.75, 3.05) is 13.2 Å². The lowest BCUT2D eigenvalue weighted by Gasteiger charge is -2.26. The molecule has 0 heterocycles. The maximum absolute atomic E-state index is 9.48. The summed E-state index contributed by atoms with van der Waals surface area (Å²) < 4.78 is 6.07. The fourth-order valence-corrected chi connectivity index (χ4v) is 4.32. The summed E-state index contributed by atoms with van der Waals surface area (Å²) in [6.45, 7) is 3.24. The lowest BCUT2D eigenvalue weighted by molar-refractivity contribution is 0.0419. The number of benzene rings is 1. The first-order valence-corrected chi connectivity index (χ1v) is 9.76. The second-order valence-electron chi connectivity index (χ2n) is 7.93. The molecule has 3 heteroatoms. The van der Waals surface area contributed by atoms with Crippen LogP contribution in [0.15, 0.2) is 18.2 Å². The minimum Gasteiger partial charge on any atom is -0.394 e. The number of unbranched alkanes of at least 4 members (excludes halogenated alkanes) is 2. The molecule has 0 radical (unpaired) electrons. The Hall–Kier alpha value is -0.900. The summed E-state index contributed by atoms with van der Waals surface area (Å²) in [4.78, 5) is 0. The Labute approximate surface area is 146 Å². The van der Waals surface area contributed by atoms with Crippen LogP contribution in [0, 0.1) is 0 Å². The molecular weight excluding hydrogens is 298 g/mol. The molecule has 24 heavy (non-hydrogen) atoms. The Kier molecular flexibility index (Phi) is 5.96. The van der Waals surface area contributed by atoms with Gasteiger partial charge in [0.05, 0.1) is 12.7 Å². The van der Waals surface area contributed by atoms with Crippen LogP contribution in [-0.2, 0) is 17.6 Å². The van der Waals surface area contributed by atoms with Crippen LogP contribution >= 0.6 is 0 Å². The zero-order chi connectivity index (χ0) is 17.0. The Morgan fingerprint density at radius 3 is 2.88 bits per heavy atom. The first kappa shape index (κ1) is 17.9. The van der Waals surface area contributed by atoms with Crippen LogP contribution in [0.25, 0.3) is 0 Å². The highest BCUT2D eigenvalue weighted by Gasteiger charge is 2.36. The second kappa shape index (κ2) is 7.99. The van der Waals surface area contributed by atoms with Crippen molar-refractivity contribution in [2.45, 2.75) is 82.3 Å². The average Bonchev–Trinajstić information content (AvgIpc) is 3.01. The molecule has 1 fully saturated rings. The van der Waals surface area contributed by atoms with Crippen LogP contribution in [0.3, 0.4) is 0 Å². The summed E-state index contributed by atoms with van der Waals surface area (Å²) in [7, 11) is 0. The van der Waals surface area contributed by atoms with E-state index in [2.05, 4.69) is 25.1 Å². The van der Waals surface area contributed by atoms with Gasteiger partial charge in [0, 0.05) is 12.1 Å². The van der Waals surface area contributed by atoms with Gasteiger partial charge >= 0.3 is 0 Å². The zero-order valence-corrected chi connectivity index (χ0v) is 15.1. The van der Waals surface area contributed by atoms with Gasteiger partial charge in [-0.1, -0.05) is 38.0 Å². The van der Waals surface area contributed by atoms with E-state index in [9.17, 15) is 5.11 Å². The van der Waals surface area contributed by atoms with Crippen LogP contribution < -0.4 is 5.73 Å². The molecule has 3 rings (SSSR count). The normalized spacial score (nSPS) is 29.6. The molecule has 3 unspecified atom stereocenters. The van der Waals surface area contributed by atoms with E-state index < -0.39 is 0 Å². The molecule has 2 aliphatic rings. The number of aliphatic hydroxyl groups is 1. The summed E-state index contributed by atoms with van der Waals surface area (Å²) >= 11 is 0. The van der Waals surface area contributed by atoms with E-state index in [1.807, 2.05) is 0 Å². The van der Waals surface area contributed by atoms with E-state index in [-0.39, 0.29) is 12.1 Å². The first-order chi connectivity index (χ1) is 11.6. The topological polar surface area (TPSA) is 55.5 Å². The third-order valence-corrected chi connectivity index (χ3v) is 5.94. The molecule has 1 aromatic rings. The first-order valence-electron chi connectivity index (χ1n) is 9.76. The smallest absolute Gasteiger partial charge is 0.0618 e. The third kappa shape index (κ3) is 4.19. The quantitative estimate of drug-likeness (QED) is 0.749. The standard InChI is InChI=1S/C21H33NO2/c1-2-3-4-11-24-20-8-7-16-12-17(5-6-18(16)13-20)19-9-10-21(22,14-19)15-23/h5-6,12,19-20,23H,2-4,7-11,13-15,22H2,1H3. The van der Waals surface area contributed by atoms with E-state index in [1.54, 1.807) is 0 Å². The van der Waals surface area contributed by atoms with Crippen LogP contribution in [0.1, 0.15) is 74.5 Å². The summed E-state index contributed by atoms with van der Waals surface area (Å²) in [6.07, 6.45) is 10.4. The lowest BCUT2D eigenvalue weighted by Crippen LogP contribution is -2.40. The van der Waals surface area contributed by atoms with Crippen molar-refractivity contribution in [2.24, 2.45) is 5.73 Å². The van der Waals surface area contributed by atoms with E-state index in [4.69, 9.17) is 10.5 Å². The van der Waals surface area contributed by atoms with Crippen LogP contribution in [-0.4, -0.2) is 30.0 Å². The van der Waals surface area contributed by atoms with Crippen LogP contribution in [0.2, 0.25) is 0 Å². The SMILES string of the molecule is CCCCCOC1CCc2cc(C3CCC(N)(CO)C3)ccc2C1. The van der Waals surface area contributed by atoms with Crippen molar-refractivity contribution < 1.29 is 9.84 Å². The number of hydrogen-bond acceptors (Lipinski definition) is 3. The van der Waals surface area contributed by atoms with Gasteiger partial charge in [0.2, 0.25) is 0 Å². The molecule has 1 aromatic carbocycles. The molecule has 0 aromatic heterocycles. The molecule has 0 aliphatic heterocycles. The molecule has 3 atom stereocenters. The van der Waals surface area contributed by atoms with Gasteiger partial charge in [-0.3, -0.25) is 0 Å². The van der Waals surface area contributed by atoms with E-state index >= 15 is 0 Å². The number of aryl methyl sites for hydroxylation is 1. The Bertz CT molecular complexity index is 545. The van der Waals surface area contributed by atoms with Gasteiger partial charge in [-0.05, 0) is 67.6 Å². The molecule has 2 aliphatic carbocycles. The summed E-state index contributed by atoms with van der Waals surface area (Å²) in [5, 5.41) is 9.48. The molecule has 3 N–H and O–H groups in total. The predicted octanol–water partition coefficient (Wildman–Crippen LogP) is 3.71. The number of hydrogen-bond donors (Lipinski definition) is 2. The highest BCUT2D eigenvalue weighted by Crippen LogP contribution is 2.40. The number of fused-ring (bicyclic) bond motifs is 1. The van der Waals surface area contributed by atoms with Gasteiger partial charge < -0.3 is 15.6 Å². The number of rotatable bonds is 7. The largest absolute Gasteiger partial charge is 0.394 e. The highest BCUT2D eigenvalue weighted by molar-refractivity contribution is 5.36. The van der Waals surface area contributed by atoms with E-state index in [1.165, 1.54) is 36.0 Å². The van der Waals surface area contributed by atoms with Gasteiger partial charge in [0.25, 0.3) is 0 Å². The molecule has 3 nitrogen and oxygen atoms in total. The van der Waals surface area contributed by atoms with Crippen molar-refractivity contribution in [1.82, 2.24) is 0 Å². The second-order valence-corrected chi connectivity index (χ2v) is 7.93. The molecular formula is C21H33NO2. The van der Waals surface area contributed by atoms with Crippen molar-refractivity contribution >= 4 is 0 Å². The molecule has 1 saturated carbocycles. The van der Waals surface area contributed by atoms with Crippen molar-refractivity contribution in [1.29, 1.82) is 0 Å². The maximum atomic E-state index is 9.48. The average molecular weight is 332 g/mol. The van der Waals surface area contributed by atoms with Crippen LogP contribution in [0.4, 0.5) is 0 Å². The lowest BCUT2D eigenvalue weighted by atomic mass is 9.85. The van der Waals surface area contributed by atoms with Gasteiger partial charge in [-0.15, -0.1) is 0 Å². The van der Waals surface area contributed by atoms with Gasteiger partial charge in [-0.25, -0.2) is 0 Å². The fraction of sp³-hybridized carbons (Fsp3) is 0.714. The fourth-order valence-electron chi connectivity index (χ4n) is 4.32. The van der Waals surface area contributed by atoms with Gasteiger partial charge in [0.15, 0.2) is 0 Å². The van der Waals surface area contributed by atoms with E-state index in [0.717, 1.165) is 45.1 Å². The van der Waals surface area contributed by atoms with Gasteiger partial charge in [-0.2, -0.15) is 0 Å². The molecule has 0 spiro atoms. The number of ether oxygens (including phenoxy) is 1. The molecule has 0 saturated heterocycles. The Balaban J connectivity index is 1.58. The van der Waals surface area contributed by atoms with Crippen LogP contribution in [0.5, 0.6) is 0 Å². The zero-order valence-electron chi connectivity index (χ0n) is 15.1. The summed E-state index contributed by atoms with van der Waals surface area (Å²) in [6, 6.07) is 6.99. The minimum atomic E-state index is -0.363. The number of nitrogens with two attached hydrogens (primary N) is 1. The molecule has 134 valence electrons. The van der Waals surface area contributed by atoms with Crippen molar-refractivity contribution in [3.05, 3.63) is 34.9 Å². The number of aliphatic hydroxyl groups excluding tert-OH is 1. The maximum Gasteiger partial charge on any atom is 0.0618 e.